The molecule has 1 aromatic heterocycles. The minimum absolute atomic E-state index is 0.0748. The molecule has 0 saturated heterocycles. The lowest BCUT2D eigenvalue weighted by Crippen LogP contribution is -2.08. The number of nitrogens with zero attached hydrogens (tertiary/aromatic N) is 1. The highest BCUT2D eigenvalue weighted by atomic mass is 32.2. The zero-order chi connectivity index (χ0) is 21.0. The number of para-hydroxylation sites is 1. The molecule has 0 fully saturated rings. The van der Waals surface area contributed by atoms with Crippen LogP contribution in [0.4, 0.5) is 0 Å². The highest BCUT2D eigenvalue weighted by molar-refractivity contribution is 7.90. The minimum Gasteiger partial charge on any atom is -0.395 e. The van der Waals surface area contributed by atoms with Crippen LogP contribution in [0.15, 0.2) is 65.6 Å². The Bertz CT molecular complexity index is 1100. The van der Waals surface area contributed by atoms with E-state index in [1.165, 1.54) is 6.26 Å². The molecule has 0 aliphatic carbocycles. The number of aliphatic hydroxyl groups is 1. The molecular weight excluding hydrogens is 406 g/mol. The molecule has 3 aromatic rings. The van der Waals surface area contributed by atoms with Gasteiger partial charge in [0.25, 0.3) is 0 Å². The van der Waals surface area contributed by atoms with E-state index in [1.54, 1.807) is 12.1 Å². The summed E-state index contributed by atoms with van der Waals surface area (Å²) in [6, 6.07) is 18.9. The van der Waals surface area contributed by atoms with Crippen LogP contribution < -0.4 is 0 Å². The summed E-state index contributed by atoms with van der Waals surface area (Å²) in [5.74, 6) is 0.783. The molecule has 5 nitrogen and oxygen atoms in total. The first-order valence-corrected chi connectivity index (χ1v) is 12.7. The molecule has 3 rings (SSSR count). The Balaban J connectivity index is 2.05. The van der Waals surface area contributed by atoms with Gasteiger partial charge in [0.15, 0.2) is 9.84 Å². The van der Waals surface area contributed by atoms with Crippen molar-refractivity contribution in [2.75, 3.05) is 24.4 Å². The van der Waals surface area contributed by atoms with Crippen LogP contribution in [-0.2, 0) is 27.1 Å². The van der Waals surface area contributed by atoms with Crippen molar-refractivity contribution in [3.05, 3.63) is 71.9 Å². The van der Waals surface area contributed by atoms with Gasteiger partial charge in [-0.1, -0.05) is 30.3 Å². The third-order valence-corrected chi connectivity index (χ3v) is 7.29. The smallest absolute Gasteiger partial charge is 0.175 e. The molecule has 29 heavy (non-hydrogen) atoms. The molecule has 0 radical (unpaired) electrons. The Hall–Kier alpha value is -2.22. The molecule has 0 bridgehead atoms. The average molecular weight is 432 g/mol. The number of aliphatic hydroxyl groups excluding tert-OH is 1. The molecule has 0 saturated carbocycles. The molecular formula is C22H25NO4S2. The SMILES string of the molecule is Cc1c(CCS(=O)CCO)cc(-c2ccc(S(C)(=O)=O)cc2)n1-c1ccccc1. The maximum absolute atomic E-state index is 12.0. The maximum Gasteiger partial charge on any atom is 0.175 e. The molecule has 0 aliphatic heterocycles. The second-order valence-corrected chi connectivity index (χ2v) is 10.6. The first-order chi connectivity index (χ1) is 13.8. The fraction of sp³-hybridized carbons (Fsp3) is 0.273. The van der Waals surface area contributed by atoms with Gasteiger partial charge in [0, 0.05) is 39.9 Å². The third-order valence-electron chi connectivity index (χ3n) is 4.86. The second-order valence-electron chi connectivity index (χ2n) is 6.93. The summed E-state index contributed by atoms with van der Waals surface area (Å²) in [6.07, 6.45) is 1.84. The van der Waals surface area contributed by atoms with Crippen LogP contribution in [0.3, 0.4) is 0 Å². The lowest BCUT2D eigenvalue weighted by molar-refractivity contribution is 0.321. The van der Waals surface area contributed by atoms with Gasteiger partial charge in [-0.3, -0.25) is 4.21 Å². The molecule has 2 aromatic carbocycles. The van der Waals surface area contributed by atoms with Crippen molar-refractivity contribution >= 4 is 20.6 Å². The highest BCUT2D eigenvalue weighted by Gasteiger charge is 2.16. The number of hydrogen-bond acceptors (Lipinski definition) is 4. The predicted octanol–water partition coefficient (Wildman–Crippen LogP) is 3.14. The van der Waals surface area contributed by atoms with E-state index in [0.717, 1.165) is 28.2 Å². The van der Waals surface area contributed by atoms with Gasteiger partial charge >= 0.3 is 0 Å². The Labute approximate surface area is 174 Å². The van der Waals surface area contributed by atoms with Gasteiger partial charge in [-0.25, -0.2) is 8.42 Å². The Morgan fingerprint density at radius 3 is 2.24 bits per heavy atom. The topological polar surface area (TPSA) is 76.4 Å². The quantitative estimate of drug-likeness (QED) is 0.594. The van der Waals surface area contributed by atoms with Crippen LogP contribution in [0.1, 0.15) is 11.3 Å². The van der Waals surface area contributed by atoms with Gasteiger partial charge in [-0.15, -0.1) is 0 Å². The van der Waals surface area contributed by atoms with Crippen molar-refractivity contribution in [1.29, 1.82) is 0 Å². The molecule has 0 amide bonds. The van der Waals surface area contributed by atoms with Crippen molar-refractivity contribution in [2.45, 2.75) is 18.2 Å². The number of rotatable bonds is 8. The summed E-state index contributed by atoms with van der Waals surface area (Å²) in [7, 11) is -4.31. The Morgan fingerprint density at radius 2 is 1.66 bits per heavy atom. The van der Waals surface area contributed by atoms with Crippen LogP contribution in [0.2, 0.25) is 0 Å². The van der Waals surface area contributed by atoms with Crippen molar-refractivity contribution in [1.82, 2.24) is 4.57 Å². The van der Waals surface area contributed by atoms with Gasteiger partial charge in [-0.05, 0) is 54.8 Å². The fourth-order valence-corrected chi connectivity index (χ4v) is 4.82. The summed E-state index contributed by atoms with van der Waals surface area (Å²) < 4.78 is 37.7. The zero-order valence-corrected chi connectivity index (χ0v) is 18.2. The largest absolute Gasteiger partial charge is 0.395 e. The van der Waals surface area contributed by atoms with Crippen molar-refractivity contribution in [3.8, 4) is 16.9 Å². The molecule has 1 heterocycles. The third kappa shape index (κ3) is 5.04. The van der Waals surface area contributed by atoms with E-state index < -0.39 is 20.6 Å². The lowest BCUT2D eigenvalue weighted by atomic mass is 10.1. The number of aryl methyl sites for hydroxylation is 1. The van der Waals surface area contributed by atoms with Crippen LogP contribution in [0.5, 0.6) is 0 Å². The number of sulfone groups is 1. The minimum atomic E-state index is -3.25. The monoisotopic (exact) mass is 431 g/mol. The molecule has 7 heteroatoms. The number of aromatic nitrogens is 1. The molecule has 1 N–H and O–H groups in total. The van der Waals surface area contributed by atoms with E-state index in [0.29, 0.717) is 12.2 Å². The number of benzene rings is 2. The van der Waals surface area contributed by atoms with E-state index in [9.17, 15) is 12.6 Å². The summed E-state index contributed by atoms with van der Waals surface area (Å²) in [6.45, 7) is 1.96. The first-order valence-electron chi connectivity index (χ1n) is 9.34. The van der Waals surface area contributed by atoms with E-state index in [2.05, 4.69) is 10.6 Å². The van der Waals surface area contributed by atoms with Crippen molar-refractivity contribution < 1.29 is 17.7 Å². The molecule has 0 spiro atoms. The Kier molecular flexibility index (Phi) is 6.72. The normalized spacial score (nSPS) is 12.8. The summed E-state index contributed by atoms with van der Waals surface area (Å²) in [4.78, 5) is 0.287. The van der Waals surface area contributed by atoms with Gasteiger partial charge in [-0.2, -0.15) is 0 Å². The summed E-state index contributed by atoms with van der Waals surface area (Å²) in [5, 5.41) is 8.97. The summed E-state index contributed by atoms with van der Waals surface area (Å²) in [5.41, 5.74) is 5.01. The Morgan fingerprint density at radius 1 is 1.00 bits per heavy atom. The van der Waals surface area contributed by atoms with Gasteiger partial charge in [0.05, 0.1) is 17.2 Å². The fourth-order valence-electron chi connectivity index (χ4n) is 3.33. The highest BCUT2D eigenvalue weighted by Crippen LogP contribution is 2.30. The van der Waals surface area contributed by atoms with Gasteiger partial charge in [0.1, 0.15) is 0 Å². The lowest BCUT2D eigenvalue weighted by Gasteiger charge is -2.13. The van der Waals surface area contributed by atoms with E-state index in [1.807, 2.05) is 49.4 Å². The van der Waals surface area contributed by atoms with E-state index >= 15 is 0 Å². The summed E-state index contributed by atoms with van der Waals surface area (Å²) >= 11 is 0. The van der Waals surface area contributed by atoms with Crippen molar-refractivity contribution in [2.24, 2.45) is 0 Å². The zero-order valence-electron chi connectivity index (χ0n) is 16.5. The number of hydrogen-bond donors (Lipinski definition) is 1. The van der Waals surface area contributed by atoms with Gasteiger partial charge < -0.3 is 9.67 Å². The maximum atomic E-state index is 12.0. The first kappa shape index (κ1) is 21.5. The molecule has 154 valence electrons. The predicted molar refractivity (Wildman–Crippen MR) is 118 cm³/mol. The average Bonchev–Trinajstić information content (AvgIpc) is 3.03. The van der Waals surface area contributed by atoms with Crippen LogP contribution in [-0.4, -0.2) is 46.7 Å². The molecule has 0 aliphatic rings. The van der Waals surface area contributed by atoms with Crippen molar-refractivity contribution in [3.63, 3.8) is 0 Å². The van der Waals surface area contributed by atoms with E-state index in [4.69, 9.17) is 5.11 Å². The standard InChI is InChI=1S/C22H25NO4S2/c1-17-19(12-14-28(25)15-13-24)16-22(23(17)20-6-4-3-5-7-20)18-8-10-21(11-9-18)29(2,26)27/h3-11,16,24H,12-15H2,1-2H3. The molecule has 1 unspecified atom stereocenters. The van der Waals surface area contributed by atoms with Crippen LogP contribution >= 0.6 is 0 Å². The van der Waals surface area contributed by atoms with E-state index in [-0.39, 0.29) is 17.3 Å². The second kappa shape index (κ2) is 9.07. The van der Waals surface area contributed by atoms with Crippen LogP contribution in [0, 0.1) is 6.92 Å². The molecule has 1 atom stereocenters. The van der Waals surface area contributed by atoms with Crippen LogP contribution in [0.25, 0.3) is 16.9 Å². The van der Waals surface area contributed by atoms with Gasteiger partial charge in [0.2, 0.25) is 0 Å².